The second-order valence-electron chi connectivity index (χ2n) is 8.00. The largest absolute Gasteiger partial charge is 3.00 e. The molecule has 0 aliphatic heterocycles. The molecule has 0 fully saturated rings. The molecule has 0 unspecified atom stereocenters. The molecule has 0 radical (unpaired) electrons. The van der Waals surface area contributed by atoms with E-state index in [9.17, 15) is 0 Å². The van der Waals surface area contributed by atoms with Crippen molar-refractivity contribution in [2.45, 2.75) is 0 Å². The molecule has 0 aliphatic carbocycles. The van der Waals surface area contributed by atoms with Crippen molar-refractivity contribution in [3.63, 3.8) is 0 Å². The number of rotatable bonds is 6. The van der Waals surface area contributed by atoms with Gasteiger partial charge in [0.2, 0.25) is 0 Å². The minimum atomic E-state index is 0. The summed E-state index contributed by atoms with van der Waals surface area (Å²) in [6, 6.07) is 45.0. The summed E-state index contributed by atoms with van der Waals surface area (Å²) in [5.74, 6) is 0. The van der Waals surface area contributed by atoms with Crippen molar-refractivity contribution in [2.24, 2.45) is 0 Å². The van der Waals surface area contributed by atoms with Gasteiger partial charge in [0.15, 0.2) is 0 Å². The van der Waals surface area contributed by atoms with E-state index in [-0.39, 0.29) is 19.5 Å². The molecule has 3 nitrogen and oxygen atoms in total. The molecule has 182 valence electrons. The van der Waals surface area contributed by atoms with Crippen LogP contribution in [0.25, 0.3) is 38.9 Å². The maximum absolute atomic E-state index is 8.77. The zero-order valence-electron chi connectivity index (χ0n) is 20.5. The van der Waals surface area contributed by atoms with Crippen molar-refractivity contribution in [1.29, 1.82) is 0 Å². The van der Waals surface area contributed by atoms with Crippen LogP contribution in [0, 0.1) is 12.1 Å². The van der Waals surface area contributed by atoms with Crippen LogP contribution in [0.3, 0.4) is 0 Å². The molecular weight excluding hydrogens is 541 g/mol. The average Bonchev–Trinajstić information content (AvgIpc) is 2.98. The second-order valence-corrected chi connectivity index (χ2v) is 8.00. The van der Waals surface area contributed by atoms with Crippen LogP contribution in [0.15, 0.2) is 134 Å². The number of allylic oxidation sites excluding steroid dienone is 1. The van der Waals surface area contributed by atoms with Crippen molar-refractivity contribution in [1.82, 2.24) is 4.98 Å². The number of anilines is 1. The normalized spacial score (nSPS) is 10.1. The van der Waals surface area contributed by atoms with Crippen LogP contribution in [0.5, 0.6) is 0 Å². The number of hydrogen-bond acceptors (Lipinski definition) is 2. The Morgan fingerprint density at radius 3 is 2.03 bits per heavy atom. The van der Waals surface area contributed by atoms with E-state index < -0.39 is 0 Å². The Balaban J connectivity index is 0.000000246. The number of benzene rings is 4. The van der Waals surface area contributed by atoms with Gasteiger partial charge in [0.05, 0.1) is 0 Å². The summed E-state index contributed by atoms with van der Waals surface area (Å²) < 4.78 is 0. The first-order valence-electron chi connectivity index (χ1n) is 11.7. The predicted octanol–water partition coefficient (Wildman–Crippen LogP) is 7.96. The van der Waals surface area contributed by atoms with E-state index in [0.29, 0.717) is 0 Å². The maximum atomic E-state index is 8.77. The fourth-order valence-electron chi connectivity index (χ4n) is 3.65. The molecule has 1 heterocycles. The molecule has 0 saturated carbocycles. The number of aromatic nitrogens is 1. The van der Waals surface area contributed by atoms with Crippen LogP contribution in [0.2, 0.25) is 0 Å². The molecule has 0 atom stereocenters. The van der Waals surface area contributed by atoms with Gasteiger partial charge in [-0.05, 0) is 34.7 Å². The summed E-state index contributed by atoms with van der Waals surface area (Å²) in [6.45, 7) is 0. The van der Waals surface area contributed by atoms with Gasteiger partial charge in [-0.3, -0.25) is 0 Å². The Labute approximate surface area is 232 Å². The van der Waals surface area contributed by atoms with Crippen LogP contribution >= 0.6 is 0 Å². The Morgan fingerprint density at radius 1 is 0.703 bits per heavy atom. The van der Waals surface area contributed by atoms with E-state index in [1.54, 1.807) is 18.5 Å². The van der Waals surface area contributed by atoms with Crippen LogP contribution in [0.4, 0.5) is 5.69 Å². The molecule has 5 aromatic rings. The van der Waals surface area contributed by atoms with Crippen LogP contribution in [0.1, 0.15) is 0 Å². The summed E-state index contributed by atoms with van der Waals surface area (Å²) in [6.07, 6.45) is 6.17. The number of nitrogens with zero attached hydrogens (tertiary/aromatic N) is 3. The van der Waals surface area contributed by atoms with Gasteiger partial charge < -0.3 is 15.3 Å². The smallest absolute Gasteiger partial charge is 0.811 e. The van der Waals surface area contributed by atoms with Crippen LogP contribution in [-0.4, -0.2) is 18.2 Å². The van der Waals surface area contributed by atoms with Crippen molar-refractivity contribution < 1.29 is 19.5 Å². The molecule has 0 bridgehead atoms. The van der Waals surface area contributed by atoms with Crippen molar-refractivity contribution >= 4 is 11.9 Å². The van der Waals surface area contributed by atoms with E-state index >= 15 is 0 Å². The van der Waals surface area contributed by atoms with Gasteiger partial charge in [0.1, 0.15) is 0 Å². The topological polar surface area (TPSA) is 38.4 Å². The predicted molar refractivity (Wildman–Crippen MR) is 152 cm³/mol. The average molecular weight is 567 g/mol. The molecule has 4 heteroatoms. The second kappa shape index (κ2) is 14.4. The number of hydrogen-bond donors (Lipinski definition) is 0. The van der Waals surface area contributed by atoms with Gasteiger partial charge in [-0.1, -0.05) is 78.5 Å². The Hall–Kier alpha value is -4.14. The number of pyridine rings is 1. The molecular formula is C33H26N3Rh. The Kier molecular flexibility index (Phi) is 10.7. The van der Waals surface area contributed by atoms with Crippen LogP contribution in [-0.2, 0) is 19.5 Å². The van der Waals surface area contributed by atoms with E-state index in [2.05, 4.69) is 77.8 Å². The maximum Gasteiger partial charge on any atom is 3.00 e. The summed E-state index contributed by atoms with van der Waals surface area (Å²) >= 11 is 0. The zero-order chi connectivity index (χ0) is 25.0. The molecule has 0 amide bonds. The van der Waals surface area contributed by atoms with Crippen molar-refractivity contribution in [3.05, 3.63) is 151 Å². The third-order valence-corrected chi connectivity index (χ3v) is 5.54. The molecule has 37 heavy (non-hydrogen) atoms. The molecule has 0 N–H and O–H groups in total. The van der Waals surface area contributed by atoms with E-state index in [4.69, 9.17) is 5.41 Å². The minimum absolute atomic E-state index is 0. The minimum Gasteiger partial charge on any atom is -0.811 e. The summed E-state index contributed by atoms with van der Waals surface area (Å²) in [5.41, 5.74) is 7.68. The molecule has 0 spiro atoms. The fraction of sp³-hybridized carbons (Fsp3) is 0.0303. The molecule has 4 aromatic carbocycles. The zero-order valence-corrected chi connectivity index (χ0v) is 22.1. The van der Waals surface area contributed by atoms with Gasteiger partial charge in [-0.25, -0.2) is 0 Å². The SMILES string of the molecule is CN(/C=C\C=[N-])c1[c-]ccc(-c2ccc(-c3ccccc3)cc2)c1.[Rh+3].[c-]1ccccc1-c1ccccn1. The first-order valence-corrected chi connectivity index (χ1v) is 11.7. The molecule has 5 rings (SSSR count). The van der Waals surface area contributed by atoms with Crippen LogP contribution < -0.4 is 4.90 Å². The Morgan fingerprint density at radius 2 is 1.38 bits per heavy atom. The van der Waals surface area contributed by atoms with Gasteiger partial charge in [-0.15, -0.1) is 47.5 Å². The monoisotopic (exact) mass is 567 g/mol. The third kappa shape index (κ3) is 7.93. The Bertz CT molecular complexity index is 1350. The van der Waals surface area contributed by atoms with Crippen molar-refractivity contribution in [3.8, 4) is 33.5 Å². The quantitative estimate of drug-likeness (QED) is 0.119. The van der Waals surface area contributed by atoms with Crippen molar-refractivity contribution in [2.75, 3.05) is 11.9 Å². The van der Waals surface area contributed by atoms with Gasteiger partial charge in [0, 0.05) is 13.2 Å². The summed E-state index contributed by atoms with van der Waals surface area (Å²) in [7, 11) is 1.92. The molecule has 0 aliphatic rings. The van der Waals surface area contributed by atoms with E-state index in [1.165, 1.54) is 11.1 Å². The van der Waals surface area contributed by atoms with Gasteiger partial charge >= 0.3 is 19.5 Å². The van der Waals surface area contributed by atoms with Gasteiger partial charge in [-0.2, -0.15) is 24.4 Å². The van der Waals surface area contributed by atoms with Gasteiger partial charge in [0.25, 0.3) is 0 Å². The van der Waals surface area contributed by atoms with E-state index in [1.807, 2.05) is 66.5 Å². The molecule has 0 saturated heterocycles. The third-order valence-electron chi connectivity index (χ3n) is 5.54. The molecule has 1 aromatic heterocycles. The summed E-state index contributed by atoms with van der Waals surface area (Å²) in [4.78, 5) is 6.13. The van der Waals surface area contributed by atoms with E-state index in [0.717, 1.165) is 34.3 Å². The standard InChI is InChI=1S/C22H18N2.C11H8N.Rh/c1-24(16-6-15-23)22-10-5-9-21(17-22)20-13-11-19(12-14-20)18-7-3-2-4-8-18;1-2-6-10(7-3-1)11-8-4-5-9-12-11;/h2-9,11-17H,1H3;1-6,8-9H;/q-2;-1;+3/b16-6-;;. The first-order chi connectivity index (χ1) is 17.7. The first kappa shape index (κ1) is 27.5. The fourth-order valence-corrected chi connectivity index (χ4v) is 3.65. The summed E-state index contributed by atoms with van der Waals surface area (Å²) in [5, 5.41) is 8.77.